The van der Waals surface area contributed by atoms with Crippen molar-refractivity contribution in [1.82, 2.24) is 4.90 Å². The van der Waals surface area contributed by atoms with Crippen molar-refractivity contribution in [3.05, 3.63) is 101 Å². The lowest BCUT2D eigenvalue weighted by atomic mass is 9.71. The number of benzene rings is 3. The zero-order valence-corrected chi connectivity index (χ0v) is 21.8. The van der Waals surface area contributed by atoms with Gasteiger partial charge in [-0.3, -0.25) is 14.4 Å². The van der Waals surface area contributed by atoms with Crippen molar-refractivity contribution in [2.45, 2.75) is 49.9 Å². The quantitative estimate of drug-likeness (QED) is 0.255. The molecule has 1 aliphatic heterocycles. The highest BCUT2D eigenvalue weighted by molar-refractivity contribution is 6.03. The van der Waals surface area contributed by atoms with E-state index >= 15 is 0 Å². The van der Waals surface area contributed by atoms with Crippen LogP contribution in [0.15, 0.2) is 73.3 Å². The first-order chi connectivity index (χ1) is 19.5. The Hall–Kier alpha value is -4.47. The molecule has 1 unspecified atom stereocenters. The summed E-state index contributed by atoms with van der Waals surface area (Å²) >= 11 is 0. The van der Waals surface area contributed by atoms with E-state index in [0.29, 0.717) is 54.1 Å². The molecule has 2 N–H and O–H groups in total. The molecule has 0 aromatic heterocycles. The molecule has 1 heterocycles. The molecule has 41 heavy (non-hydrogen) atoms. The van der Waals surface area contributed by atoms with E-state index < -0.39 is 46.8 Å². The van der Waals surface area contributed by atoms with Crippen LogP contribution in [-0.2, 0) is 22.3 Å². The molecule has 3 aromatic rings. The lowest BCUT2D eigenvalue weighted by Gasteiger charge is -2.49. The van der Waals surface area contributed by atoms with Crippen LogP contribution in [0.1, 0.15) is 58.6 Å². The van der Waals surface area contributed by atoms with E-state index in [1.54, 1.807) is 36.4 Å². The number of rotatable bonds is 6. The van der Waals surface area contributed by atoms with E-state index in [1.165, 1.54) is 11.0 Å². The van der Waals surface area contributed by atoms with Crippen molar-refractivity contribution in [3.63, 3.8) is 0 Å². The normalized spacial score (nSPS) is 17.8. The van der Waals surface area contributed by atoms with Gasteiger partial charge in [0.1, 0.15) is 11.7 Å². The minimum atomic E-state index is -4.87. The van der Waals surface area contributed by atoms with E-state index in [4.69, 9.17) is 0 Å². The fourth-order valence-corrected chi connectivity index (χ4v) is 6.19. The average molecular weight is 567 g/mol. The van der Waals surface area contributed by atoms with Gasteiger partial charge < -0.3 is 15.3 Å². The molecule has 1 atom stereocenters. The van der Waals surface area contributed by atoms with E-state index in [1.807, 2.05) is 0 Å². The number of nitrogens with zero attached hydrogens (tertiary/aromatic N) is 1. The average Bonchev–Trinajstić information content (AvgIpc) is 3.40. The molecule has 0 bridgehead atoms. The number of halogens is 4. The maximum absolute atomic E-state index is 14.4. The summed E-state index contributed by atoms with van der Waals surface area (Å²) in [7, 11) is 0. The number of fused-ring (bicyclic) bond motifs is 1. The standard InChI is InChI=1S/C31H26F4N2O4/c1-2-26(38)36-25-8-4-3-7-20(25)19-10-11-21-22(16-19)27(29(40)41)30(13-5-6-14-30)37(28(21)39)17-18-9-12-23(24(32)15-18)31(33,34)35/h2-4,7-12,15-16,27H,1,5-6,13-14,17H2,(H,36,38)(H,40,41). The number of anilines is 1. The number of alkyl halides is 3. The van der Waals surface area contributed by atoms with Crippen LogP contribution < -0.4 is 5.32 Å². The Morgan fingerprint density at radius 2 is 1.76 bits per heavy atom. The van der Waals surface area contributed by atoms with Gasteiger partial charge in [-0.15, -0.1) is 0 Å². The first-order valence-corrected chi connectivity index (χ1v) is 13.0. The molecule has 6 nitrogen and oxygen atoms in total. The number of para-hydroxylation sites is 1. The smallest absolute Gasteiger partial charge is 0.419 e. The van der Waals surface area contributed by atoms with Gasteiger partial charge >= 0.3 is 12.1 Å². The molecular formula is C31H26F4N2O4. The number of carbonyl (C=O) groups excluding carboxylic acids is 2. The Bertz CT molecular complexity index is 1560. The highest BCUT2D eigenvalue weighted by Gasteiger charge is 2.56. The fourth-order valence-electron chi connectivity index (χ4n) is 6.19. The second kappa shape index (κ2) is 10.5. The third-order valence-corrected chi connectivity index (χ3v) is 7.99. The summed E-state index contributed by atoms with van der Waals surface area (Å²) in [4.78, 5) is 40.2. The van der Waals surface area contributed by atoms with Gasteiger partial charge in [-0.2, -0.15) is 13.2 Å². The molecule has 212 valence electrons. The number of carboxylic acid groups (broad SMARTS) is 1. The SMILES string of the molecule is C=CC(=O)Nc1ccccc1-c1ccc2c(c1)C(C(=O)O)C1(CCCC1)N(Cc1ccc(C(F)(F)F)c(F)c1)C2=O. The van der Waals surface area contributed by atoms with Crippen LogP contribution >= 0.6 is 0 Å². The zero-order chi connectivity index (χ0) is 29.5. The third kappa shape index (κ3) is 4.98. The summed E-state index contributed by atoms with van der Waals surface area (Å²) in [6.45, 7) is 3.22. The lowest BCUT2D eigenvalue weighted by molar-refractivity contribution is -0.143. The van der Waals surface area contributed by atoms with E-state index in [2.05, 4.69) is 11.9 Å². The highest BCUT2D eigenvalue weighted by Crippen LogP contribution is 2.51. The number of aliphatic carboxylic acids is 1. The van der Waals surface area contributed by atoms with Crippen LogP contribution in [0.4, 0.5) is 23.2 Å². The first kappa shape index (κ1) is 28.1. The molecule has 2 amide bonds. The van der Waals surface area contributed by atoms with E-state index in [-0.39, 0.29) is 17.7 Å². The summed E-state index contributed by atoms with van der Waals surface area (Å²) in [6, 6.07) is 14.3. The van der Waals surface area contributed by atoms with Crippen LogP contribution in [0.5, 0.6) is 0 Å². The van der Waals surface area contributed by atoms with Crippen LogP contribution in [0.25, 0.3) is 11.1 Å². The van der Waals surface area contributed by atoms with Crippen molar-refractivity contribution in [1.29, 1.82) is 0 Å². The van der Waals surface area contributed by atoms with E-state index in [9.17, 15) is 37.1 Å². The van der Waals surface area contributed by atoms with Crippen LogP contribution in [0.2, 0.25) is 0 Å². The second-order valence-corrected chi connectivity index (χ2v) is 10.3. The summed E-state index contributed by atoms with van der Waals surface area (Å²) in [5.41, 5.74) is -0.268. The number of carboxylic acids is 1. The van der Waals surface area contributed by atoms with Crippen molar-refractivity contribution >= 4 is 23.5 Å². The first-order valence-electron chi connectivity index (χ1n) is 13.0. The summed E-state index contributed by atoms with van der Waals surface area (Å²) in [6.07, 6.45) is -1.69. The molecule has 1 spiro atoms. The van der Waals surface area contributed by atoms with Gasteiger partial charge in [-0.05, 0) is 65.9 Å². The van der Waals surface area contributed by atoms with Crippen LogP contribution in [0, 0.1) is 5.82 Å². The topological polar surface area (TPSA) is 86.7 Å². The van der Waals surface area contributed by atoms with Gasteiger partial charge in [0.05, 0.1) is 11.1 Å². The zero-order valence-electron chi connectivity index (χ0n) is 21.8. The Kier molecular flexibility index (Phi) is 7.19. The largest absolute Gasteiger partial charge is 0.481 e. The predicted octanol–water partition coefficient (Wildman–Crippen LogP) is 6.77. The fraction of sp³-hybridized carbons (Fsp3) is 0.258. The van der Waals surface area contributed by atoms with Crippen LogP contribution in [-0.4, -0.2) is 33.3 Å². The summed E-state index contributed by atoms with van der Waals surface area (Å²) in [5, 5.41) is 13.3. The van der Waals surface area contributed by atoms with Gasteiger partial charge in [-0.25, -0.2) is 4.39 Å². The monoisotopic (exact) mass is 566 g/mol. The number of amides is 2. The predicted molar refractivity (Wildman–Crippen MR) is 144 cm³/mol. The minimum Gasteiger partial charge on any atom is -0.481 e. The number of carbonyl (C=O) groups is 3. The lowest BCUT2D eigenvalue weighted by Crippen LogP contribution is -2.58. The van der Waals surface area contributed by atoms with Gasteiger partial charge in [0.25, 0.3) is 5.91 Å². The van der Waals surface area contributed by atoms with Gasteiger partial charge in [0.15, 0.2) is 0 Å². The third-order valence-electron chi connectivity index (χ3n) is 7.99. The van der Waals surface area contributed by atoms with Crippen molar-refractivity contribution in [2.24, 2.45) is 0 Å². The number of nitrogens with one attached hydrogen (secondary N) is 1. The molecule has 1 aliphatic carbocycles. The molecule has 2 aliphatic rings. The molecular weight excluding hydrogens is 540 g/mol. The Morgan fingerprint density at radius 3 is 2.39 bits per heavy atom. The number of hydrogen-bond donors (Lipinski definition) is 2. The van der Waals surface area contributed by atoms with E-state index in [0.717, 1.165) is 18.2 Å². The van der Waals surface area contributed by atoms with Crippen molar-refractivity contribution in [3.8, 4) is 11.1 Å². The minimum absolute atomic E-state index is 0.131. The maximum Gasteiger partial charge on any atom is 0.419 e. The second-order valence-electron chi connectivity index (χ2n) is 10.3. The van der Waals surface area contributed by atoms with Gasteiger partial charge in [-0.1, -0.05) is 49.8 Å². The Morgan fingerprint density at radius 1 is 1.05 bits per heavy atom. The Balaban J connectivity index is 1.61. The molecule has 10 heteroatoms. The van der Waals surface area contributed by atoms with Crippen LogP contribution in [0.3, 0.4) is 0 Å². The highest BCUT2D eigenvalue weighted by atomic mass is 19.4. The number of hydrogen-bond acceptors (Lipinski definition) is 3. The molecule has 5 rings (SSSR count). The van der Waals surface area contributed by atoms with Crippen molar-refractivity contribution < 1.29 is 37.1 Å². The Labute approximate surface area is 233 Å². The summed E-state index contributed by atoms with van der Waals surface area (Å²) < 4.78 is 53.7. The molecule has 0 saturated heterocycles. The van der Waals surface area contributed by atoms with Crippen molar-refractivity contribution in [2.75, 3.05) is 5.32 Å². The molecule has 0 radical (unpaired) electrons. The molecule has 1 fully saturated rings. The summed E-state index contributed by atoms with van der Waals surface area (Å²) in [5.74, 6) is -4.63. The van der Waals surface area contributed by atoms with Gasteiger partial charge in [0.2, 0.25) is 5.91 Å². The maximum atomic E-state index is 14.4. The molecule has 1 saturated carbocycles. The van der Waals surface area contributed by atoms with Gasteiger partial charge in [0, 0.05) is 23.4 Å². The molecule has 3 aromatic carbocycles.